The molecule has 1 aliphatic heterocycles. The van der Waals surface area contributed by atoms with Gasteiger partial charge in [-0.15, -0.1) is 0 Å². The topological polar surface area (TPSA) is 60.4 Å². The molecule has 2 aromatic heterocycles. The third kappa shape index (κ3) is 2.96. The molecule has 0 aliphatic carbocycles. The number of halogens is 1. The lowest BCUT2D eigenvalue weighted by molar-refractivity contribution is 0.205. The van der Waals surface area contributed by atoms with E-state index in [0.717, 1.165) is 28.3 Å². The van der Waals surface area contributed by atoms with Crippen molar-refractivity contribution in [1.82, 2.24) is 15.0 Å². The number of nitrogens with zero attached hydrogens (tertiary/aromatic N) is 4. The normalized spacial score (nSPS) is 17.4. The minimum Gasteiger partial charge on any atom is -0.494 e. The van der Waals surface area contributed by atoms with Gasteiger partial charge in [-0.3, -0.25) is 0 Å². The molecule has 8 heteroatoms. The Morgan fingerprint density at radius 3 is 2.92 bits per heavy atom. The van der Waals surface area contributed by atoms with Gasteiger partial charge in [0, 0.05) is 13.0 Å². The minimum absolute atomic E-state index is 0.00198. The standard InChI is InChI=1S/C16H15FN4O2S/c1-22-12-7-18-15(19-8-12)23-11-4-5-21(9-11)16-20-13-3-2-10(17)6-14(13)24-16/h2-3,6-8,11H,4-5,9H2,1H3. The van der Waals surface area contributed by atoms with Crippen LogP contribution in [0.3, 0.4) is 0 Å². The van der Waals surface area contributed by atoms with Crippen molar-refractivity contribution in [3.8, 4) is 11.8 Å². The molecule has 1 atom stereocenters. The van der Waals surface area contributed by atoms with Gasteiger partial charge in [-0.05, 0) is 18.2 Å². The quantitative estimate of drug-likeness (QED) is 0.724. The maximum atomic E-state index is 13.3. The summed E-state index contributed by atoms with van der Waals surface area (Å²) >= 11 is 1.49. The van der Waals surface area contributed by atoms with Crippen LogP contribution in [0, 0.1) is 5.82 Å². The molecule has 0 spiro atoms. The Bertz CT molecular complexity index is 855. The van der Waals surface area contributed by atoms with Gasteiger partial charge in [-0.2, -0.15) is 9.97 Å². The number of rotatable bonds is 4. The first-order chi connectivity index (χ1) is 11.7. The Morgan fingerprint density at radius 2 is 2.12 bits per heavy atom. The molecule has 124 valence electrons. The van der Waals surface area contributed by atoms with E-state index in [1.54, 1.807) is 25.6 Å². The van der Waals surface area contributed by atoms with Gasteiger partial charge < -0.3 is 14.4 Å². The van der Waals surface area contributed by atoms with Gasteiger partial charge in [-0.25, -0.2) is 9.37 Å². The highest BCUT2D eigenvalue weighted by atomic mass is 32.1. The number of methoxy groups -OCH3 is 1. The van der Waals surface area contributed by atoms with Gasteiger partial charge in [0.15, 0.2) is 10.9 Å². The van der Waals surface area contributed by atoms with E-state index in [-0.39, 0.29) is 11.9 Å². The fraction of sp³-hybridized carbons (Fsp3) is 0.312. The fourth-order valence-corrected chi connectivity index (χ4v) is 3.66. The number of anilines is 1. The first-order valence-corrected chi connectivity index (χ1v) is 8.36. The Morgan fingerprint density at radius 1 is 1.29 bits per heavy atom. The van der Waals surface area contributed by atoms with E-state index in [1.165, 1.54) is 23.5 Å². The molecule has 1 fully saturated rings. The molecule has 1 aromatic carbocycles. The maximum Gasteiger partial charge on any atom is 0.316 e. The number of benzene rings is 1. The van der Waals surface area contributed by atoms with E-state index in [4.69, 9.17) is 9.47 Å². The number of ether oxygens (including phenoxy) is 2. The van der Waals surface area contributed by atoms with Crippen LogP contribution in [-0.2, 0) is 0 Å². The molecule has 1 aliphatic rings. The van der Waals surface area contributed by atoms with Crippen molar-refractivity contribution in [2.24, 2.45) is 0 Å². The molecule has 0 radical (unpaired) electrons. The second-order valence-corrected chi connectivity index (χ2v) is 6.50. The number of aromatic nitrogens is 3. The summed E-state index contributed by atoms with van der Waals surface area (Å²) < 4.78 is 25.0. The summed E-state index contributed by atoms with van der Waals surface area (Å²) in [6.07, 6.45) is 4.02. The lowest BCUT2D eigenvalue weighted by Crippen LogP contribution is -2.24. The highest BCUT2D eigenvalue weighted by molar-refractivity contribution is 7.22. The van der Waals surface area contributed by atoms with Crippen LogP contribution in [0.15, 0.2) is 30.6 Å². The van der Waals surface area contributed by atoms with E-state index < -0.39 is 0 Å². The third-order valence-electron chi connectivity index (χ3n) is 3.87. The summed E-state index contributed by atoms with van der Waals surface area (Å²) in [5, 5.41) is 0.886. The van der Waals surface area contributed by atoms with E-state index in [2.05, 4.69) is 19.9 Å². The summed E-state index contributed by atoms with van der Waals surface area (Å²) in [5.74, 6) is 0.356. The Balaban J connectivity index is 1.44. The molecule has 0 N–H and O–H groups in total. The van der Waals surface area contributed by atoms with Gasteiger partial charge in [0.2, 0.25) is 0 Å². The lowest BCUT2D eigenvalue weighted by Gasteiger charge is -2.15. The highest BCUT2D eigenvalue weighted by Gasteiger charge is 2.27. The smallest absolute Gasteiger partial charge is 0.316 e. The Hall–Kier alpha value is -2.48. The van der Waals surface area contributed by atoms with Crippen molar-refractivity contribution in [1.29, 1.82) is 0 Å². The minimum atomic E-state index is -0.239. The van der Waals surface area contributed by atoms with Crippen LogP contribution in [0.2, 0.25) is 0 Å². The number of fused-ring (bicyclic) bond motifs is 1. The second kappa shape index (κ2) is 6.20. The zero-order chi connectivity index (χ0) is 16.5. The van der Waals surface area contributed by atoms with Crippen LogP contribution < -0.4 is 14.4 Å². The summed E-state index contributed by atoms with van der Waals surface area (Å²) in [6, 6.07) is 5.00. The van der Waals surface area contributed by atoms with Crippen molar-refractivity contribution in [3.63, 3.8) is 0 Å². The number of hydrogen-bond acceptors (Lipinski definition) is 7. The zero-order valence-corrected chi connectivity index (χ0v) is 13.8. The van der Waals surface area contributed by atoms with E-state index in [9.17, 15) is 4.39 Å². The molecule has 1 saturated heterocycles. The fourth-order valence-electron chi connectivity index (χ4n) is 2.64. The molecule has 3 heterocycles. The largest absolute Gasteiger partial charge is 0.494 e. The molecule has 24 heavy (non-hydrogen) atoms. The predicted octanol–water partition coefficient (Wildman–Crippen LogP) is 2.89. The van der Waals surface area contributed by atoms with Crippen molar-refractivity contribution in [3.05, 3.63) is 36.4 Å². The lowest BCUT2D eigenvalue weighted by atomic mass is 10.3. The summed E-state index contributed by atoms with van der Waals surface area (Å²) in [7, 11) is 1.57. The summed E-state index contributed by atoms with van der Waals surface area (Å²) in [5.41, 5.74) is 0.819. The molecular weight excluding hydrogens is 331 g/mol. The van der Waals surface area contributed by atoms with Crippen LogP contribution in [0.1, 0.15) is 6.42 Å². The van der Waals surface area contributed by atoms with Crippen LogP contribution in [0.25, 0.3) is 10.2 Å². The highest BCUT2D eigenvalue weighted by Crippen LogP contribution is 2.31. The second-order valence-electron chi connectivity index (χ2n) is 5.49. The summed E-state index contributed by atoms with van der Waals surface area (Å²) in [4.78, 5) is 15.0. The molecule has 0 bridgehead atoms. The first-order valence-electron chi connectivity index (χ1n) is 7.55. The van der Waals surface area contributed by atoms with Gasteiger partial charge in [0.1, 0.15) is 11.9 Å². The van der Waals surface area contributed by atoms with E-state index in [1.807, 2.05) is 0 Å². The Kier molecular flexibility index (Phi) is 3.89. The van der Waals surface area contributed by atoms with Crippen LogP contribution in [0.4, 0.5) is 9.52 Å². The predicted molar refractivity (Wildman–Crippen MR) is 89.4 cm³/mol. The van der Waals surface area contributed by atoms with Crippen LogP contribution >= 0.6 is 11.3 Å². The number of thiazole rings is 1. The molecule has 0 amide bonds. The average molecular weight is 346 g/mol. The van der Waals surface area contributed by atoms with E-state index >= 15 is 0 Å². The van der Waals surface area contributed by atoms with Crippen LogP contribution in [-0.4, -0.2) is 41.3 Å². The van der Waals surface area contributed by atoms with Crippen molar-refractivity contribution >= 4 is 26.7 Å². The molecular formula is C16H15FN4O2S. The maximum absolute atomic E-state index is 13.3. The first kappa shape index (κ1) is 15.1. The van der Waals surface area contributed by atoms with Crippen molar-refractivity contribution in [2.45, 2.75) is 12.5 Å². The van der Waals surface area contributed by atoms with Gasteiger partial charge in [0.05, 0.1) is 36.3 Å². The zero-order valence-electron chi connectivity index (χ0n) is 13.0. The van der Waals surface area contributed by atoms with Gasteiger partial charge in [0.25, 0.3) is 0 Å². The van der Waals surface area contributed by atoms with Crippen molar-refractivity contribution < 1.29 is 13.9 Å². The average Bonchev–Trinajstić information content (AvgIpc) is 3.21. The van der Waals surface area contributed by atoms with E-state index in [0.29, 0.717) is 18.3 Å². The van der Waals surface area contributed by atoms with Gasteiger partial charge in [-0.1, -0.05) is 11.3 Å². The third-order valence-corrected chi connectivity index (χ3v) is 4.95. The molecule has 6 nitrogen and oxygen atoms in total. The van der Waals surface area contributed by atoms with Crippen LogP contribution in [0.5, 0.6) is 11.8 Å². The molecule has 0 saturated carbocycles. The molecule has 1 unspecified atom stereocenters. The number of hydrogen-bond donors (Lipinski definition) is 0. The summed E-state index contributed by atoms with van der Waals surface area (Å²) in [6.45, 7) is 1.54. The Labute approximate surface area is 141 Å². The SMILES string of the molecule is COc1cnc(OC2CCN(c3nc4ccc(F)cc4s3)C2)nc1. The molecule has 3 aromatic rings. The monoisotopic (exact) mass is 346 g/mol. The molecule has 4 rings (SSSR count). The van der Waals surface area contributed by atoms with Crippen molar-refractivity contribution in [2.75, 3.05) is 25.1 Å². The van der Waals surface area contributed by atoms with Gasteiger partial charge >= 0.3 is 6.01 Å².